The maximum absolute atomic E-state index is 4.47. The number of nitrogens with one attached hydrogen (secondary N) is 1. The highest BCUT2D eigenvalue weighted by atomic mass is 32.1. The van der Waals surface area contributed by atoms with Crippen LogP contribution in [0.2, 0.25) is 0 Å². The molecular weight excluding hydrogens is 232 g/mol. The molecule has 2 aromatic heterocycles. The molecule has 0 spiro atoms. The van der Waals surface area contributed by atoms with Gasteiger partial charge >= 0.3 is 0 Å². The zero-order valence-corrected chi connectivity index (χ0v) is 11.5. The predicted molar refractivity (Wildman–Crippen MR) is 70.4 cm³/mol. The van der Waals surface area contributed by atoms with Crippen LogP contribution in [0.3, 0.4) is 0 Å². The van der Waals surface area contributed by atoms with Crippen LogP contribution in [-0.2, 0) is 6.54 Å². The van der Waals surface area contributed by atoms with Crippen molar-refractivity contribution in [1.29, 1.82) is 0 Å². The average Bonchev–Trinajstić information content (AvgIpc) is 2.85. The highest BCUT2D eigenvalue weighted by molar-refractivity contribution is 7.11. The summed E-state index contributed by atoms with van der Waals surface area (Å²) in [5.74, 6) is 0. The molecule has 5 heteroatoms. The number of thiazole rings is 1. The van der Waals surface area contributed by atoms with E-state index in [1.54, 1.807) is 11.3 Å². The maximum atomic E-state index is 4.47. The molecule has 0 aliphatic rings. The van der Waals surface area contributed by atoms with Gasteiger partial charge in [0.25, 0.3) is 0 Å². The van der Waals surface area contributed by atoms with Gasteiger partial charge in [0, 0.05) is 12.7 Å². The second kappa shape index (κ2) is 4.98. The second-order valence-corrected chi connectivity index (χ2v) is 5.44. The topological polar surface area (TPSA) is 42.7 Å². The molecule has 0 saturated carbocycles. The summed E-state index contributed by atoms with van der Waals surface area (Å²) >= 11 is 1.76. The summed E-state index contributed by atoms with van der Waals surface area (Å²) in [5.41, 5.74) is 2.20. The molecular formula is C12H18N4S. The Morgan fingerprint density at radius 2 is 2.24 bits per heavy atom. The third-order valence-electron chi connectivity index (χ3n) is 2.78. The lowest BCUT2D eigenvalue weighted by Gasteiger charge is -2.11. The Balaban J connectivity index is 2.24. The third kappa shape index (κ3) is 2.56. The molecule has 2 heterocycles. The fraction of sp³-hybridized carbons (Fsp3) is 0.500. The third-order valence-corrected chi connectivity index (χ3v) is 4.02. The molecule has 0 fully saturated rings. The largest absolute Gasteiger partial charge is 0.329 e. The highest BCUT2D eigenvalue weighted by Crippen LogP contribution is 2.27. The van der Waals surface area contributed by atoms with Crippen LogP contribution in [0.1, 0.15) is 34.2 Å². The SMILES string of the molecule is CNCc1cn(C(C)c2sc(C)nc2C)cn1. The average molecular weight is 250 g/mol. The van der Waals surface area contributed by atoms with Gasteiger partial charge < -0.3 is 9.88 Å². The van der Waals surface area contributed by atoms with Crippen LogP contribution in [-0.4, -0.2) is 21.6 Å². The molecule has 0 saturated heterocycles. The minimum Gasteiger partial charge on any atom is -0.329 e. The van der Waals surface area contributed by atoms with Crippen LogP contribution in [0.25, 0.3) is 0 Å². The monoisotopic (exact) mass is 250 g/mol. The van der Waals surface area contributed by atoms with E-state index >= 15 is 0 Å². The lowest BCUT2D eigenvalue weighted by atomic mass is 10.2. The molecule has 0 aromatic carbocycles. The summed E-state index contributed by atoms with van der Waals surface area (Å²) in [6, 6.07) is 0.305. The normalized spacial score (nSPS) is 12.9. The molecule has 1 N–H and O–H groups in total. The Bertz CT molecular complexity index is 500. The van der Waals surface area contributed by atoms with Crippen molar-refractivity contribution in [3.05, 3.63) is 33.8 Å². The number of aromatic nitrogens is 3. The molecule has 0 aliphatic heterocycles. The van der Waals surface area contributed by atoms with Gasteiger partial charge in [0.15, 0.2) is 0 Å². The fourth-order valence-electron chi connectivity index (χ4n) is 1.93. The van der Waals surface area contributed by atoms with Gasteiger partial charge in [-0.25, -0.2) is 9.97 Å². The van der Waals surface area contributed by atoms with Crippen molar-refractivity contribution in [3.63, 3.8) is 0 Å². The lowest BCUT2D eigenvalue weighted by Crippen LogP contribution is -2.06. The lowest BCUT2D eigenvalue weighted by molar-refractivity contribution is 0.643. The van der Waals surface area contributed by atoms with Crippen molar-refractivity contribution in [3.8, 4) is 0 Å². The van der Waals surface area contributed by atoms with E-state index in [4.69, 9.17) is 0 Å². The van der Waals surface area contributed by atoms with E-state index in [0.717, 1.165) is 22.9 Å². The van der Waals surface area contributed by atoms with Gasteiger partial charge in [-0.2, -0.15) is 0 Å². The molecule has 1 unspecified atom stereocenters. The number of aryl methyl sites for hydroxylation is 2. The molecule has 0 amide bonds. The predicted octanol–water partition coefficient (Wildman–Crippen LogP) is 2.29. The quantitative estimate of drug-likeness (QED) is 0.905. The van der Waals surface area contributed by atoms with E-state index in [9.17, 15) is 0 Å². The minimum atomic E-state index is 0.305. The first-order valence-corrected chi connectivity index (χ1v) is 6.54. The van der Waals surface area contributed by atoms with Crippen LogP contribution >= 0.6 is 11.3 Å². The Morgan fingerprint density at radius 3 is 2.82 bits per heavy atom. The van der Waals surface area contributed by atoms with Crippen LogP contribution < -0.4 is 5.32 Å². The number of hydrogen-bond donors (Lipinski definition) is 1. The summed E-state index contributed by atoms with van der Waals surface area (Å²) < 4.78 is 2.15. The second-order valence-electron chi connectivity index (χ2n) is 4.20. The van der Waals surface area contributed by atoms with Crippen molar-refractivity contribution in [2.45, 2.75) is 33.4 Å². The number of rotatable bonds is 4. The van der Waals surface area contributed by atoms with E-state index < -0.39 is 0 Å². The molecule has 2 aromatic rings. The van der Waals surface area contributed by atoms with Gasteiger partial charge in [-0.05, 0) is 27.8 Å². The standard InChI is InChI=1S/C12H18N4S/c1-8-12(17-10(3)15-8)9(2)16-6-11(5-13-4)14-7-16/h6-7,9,13H,5H2,1-4H3. The van der Waals surface area contributed by atoms with Crippen molar-refractivity contribution < 1.29 is 0 Å². The summed E-state index contributed by atoms with van der Waals surface area (Å²) in [5, 5.41) is 4.23. The van der Waals surface area contributed by atoms with E-state index in [2.05, 4.69) is 39.9 Å². The van der Waals surface area contributed by atoms with Gasteiger partial charge in [-0.15, -0.1) is 11.3 Å². The van der Waals surface area contributed by atoms with E-state index in [1.165, 1.54) is 4.88 Å². The van der Waals surface area contributed by atoms with Gasteiger partial charge in [0.05, 0.1) is 33.6 Å². The van der Waals surface area contributed by atoms with Crippen molar-refractivity contribution in [2.75, 3.05) is 7.05 Å². The zero-order chi connectivity index (χ0) is 12.4. The summed E-state index contributed by atoms with van der Waals surface area (Å²) in [6.07, 6.45) is 3.99. The first-order valence-electron chi connectivity index (χ1n) is 5.72. The highest BCUT2D eigenvalue weighted by Gasteiger charge is 2.14. The Kier molecular flexibility index (Phi) is 3.59. The molecule has 0 bridgehead atoms. The first kappa shape index (κ1) is 12.3. The first-order chi connectivity index (χ1) is 8.11. The molecule has 0 radical (unpaired) electrons. The fourth-order valence-corrected chi connectivity index (χ4v) is 2.92. The summed E-state index contributed by atoms with van der Waals surface area (Å²) in [7, 11) is 1.93. The van der Waals surface area contributed by atoms with Gasteiger partial charge in [0.2, 0.25) is 0 Å². The molecule has 0 aliphatic carbocycles. The molecule has 17 heavy (non-hydrogen) atoms. The number of imidazole rings is 1. The van der Waals surface area contributed by atoms with Gasteiger partial charge in [0.1, 0.15) is 0 Å². The van der Waals surface area contributed by atoms with Crippen molar-refractivity contribution in [1.82, 2.24) is 19.9 Å². The Morgan fingerprint density at radius 1 is 1.47 bits per heavy atom. The van der Waals surface area contributed by atoms with Crippen molar-refractivity contribution >= 4 is 11.3 Å². The van der Waals surface area contributed by atoms with E-state index in [1.807, 2.05) is 20.3 Å². The Labute approximate surface area is 106 Å². The number of hydrogen-bond acceptors (Lipinski definition) is 4. The van der Waals surface area contributed by atoms with E-state index in [0.29, 0.717) is 6.04 Å². The molecule has 92 valence electrons. The minimum absolute atomic E-state index is 0.305. The maximum Gasteiger partial charge on any atom is 0.0955 e. The van der Waals surface area contributed by atoms with Crippen LogP contribution in [0.15, 0.2) is 12.5 Å². The summed E-state index contributed by atoms with van der Waals surface area (Å²) in [4.78, 5) is 10.2. The molecule has 4 nitrogen and oxygen atoms in total. The van der Waals surface area contributed by atoms with Crippen LogP contribution in [0, 0.1) is 13.8 Å². The van der Waals surface area contributed by atoms with E-state index in [-0.39, 0.29) is 0 Å². The number of nitrogens with zero attached hydrogens (tertiary/aromatic N) is 3. The molecule has 1 atom stereocenters. The van der Waals surface area contributed by atoms with Crippen LogP contribution in [0.5, 0.6) is 0 Å². The molecule has 2 rings (SSSR count). The van der Waals surface area contributed by atoms with Gasteiger partial charge in [-0.3, -0.25) is 0 Å². The van der Waals surface area contributed by atoms with Crippen LogP contribution in [0.4, 0.5) is 0 Å². The zero-order valence-electron chi connectivity index (χ0n) is 10.7. The van der Waals surface area contributed by atoms with Crippen molar-refractivity contribution in [2.24, 2.45) is 0 Å². The summed E-state index contributed by atoms with van der Waals surface area (Å²) in [6.45, 7) is 7.11. The van der Waals surface area contributed by atoms with Gasteiger partial charge in [-0.1, -0.05) is 0 Å². The smallest absolute Gasteiger partial charge is 0.0955 e. The Hall–Kier alpha value is -1.20.